The summed E-state index contributed by atoms with van der Waals surface area (Å²) in [5, 5.41) is 3.49. The van der Waals surface area contributed by atoms with E-state index in [1.165, 1.54) is 11.3 Å². The van der Waals surface area contributed by atoms with Gasteiger partial charge in [0.15, 0.2) is 0 Å². The van der Waals surface area contributed by atoms with Crippen LogP contribution in [-0.2, 0) is 13.6 Å². The smallest absolute Gasteiger partial charge is 0.0945 e. The van der Waals surface area contributed by atoms with Crippen LogP contribution in [0.25, 0.3) is 0 Å². The summed E-state index contributed by atoms with van der Waals surface area (Å²) in [6.45, 7) is 4.10. The molecule has 2 aromatic rings. The highest BCUT2D eigenvalue weighted by Crippen LogP contribution is 2.23. The Kier molecular flexibility index (Phi) is 3.62. The molecule has 0 saturated carbocycles. The van der Waals surface area contributed by atoms with Crippen LogP contribution in [0.4, 0.5) is 0 Å². The van der Waals surface area contributed by atoms with Gasteiger partial charge in [0, 0.05) is 45.5 Å². The van der Waals surface area contributed by atoms with E-state index in [0.29, 0.717) is 6.04 Å². The largest absolute Gasteiger partial charge is 0.337 e. The summed E-state index contributed by atoms with van der Waals surface area (Å²) in [6, 6.07) is 11.2. The Balaban J connectivity index is 1.80. The van der Waals surface area contributed by atoms with Gasteiger partial charge in [0.25, 0.3) is 0 Å². The number of nitrogens with zero attached hydrogens (tertiary/aromatic N) is 3. The second-order valence-corrected chi connectivity index (χ2v) is 5.10. The van der Waals surface area contributed by atoms with Gasteiger partial charge < -0.3 is 9.88 Å². The maximum Gasteiger partial charge on any atom is 0.0945 e. The Bertz CT molecular complexity index is 520. The highest BCUT2D eigenvalue weighted by Gasteiger charge is 2.24. The molecule has 2 heterocycles. The van der Waals surface area contributed by atoms with Crippen LogP contribution < -0.4 is 5.32 Å². The predicted molar refractivity (Wildman–Crippen MR) is 75.7 cm³/mol. The van der Waals surface area contributed by atoms with Crippen molar-refractivity contribution in [2.75, 3.05) is 19.6 Å². The van der Waals surface area contributed by atoms with Crippen LogP contribution in [0.15, 0.2) is 42.9 Å². The Labute approximate surface area is 114 Å². The Morgan fingerprint density at radius 2 is 2.16 bits per heavy atom. The van der Waals surface area contributed by atoms with E-state index in [9.17, 15) is 0 Å². The molecule has 0 bridgehead atoms. The molecule has 4 heteroatoms. The van der Waals surface area contributed by atoms with Crippen molar-refractivity contribution in [3.8, 4) is 0 Å². The summed E-state index contributed by atoms with van der Waals surface area (Å²) in [4.78, 5) is 6.74. The van der Waals surface area contributed by atoms with Gasteiger partial charge in [-0.15, -0.1) is 0 Å². The molecule has 19 heavy (non-hydrogen) atoms. The molecule has 0 amide bonds. The lowest BCUT2D eigenvalue weighted by Gasteiger charge is -2.36. The van der Waals surface area contributed by atoms with Gasteiger partial charge in [0.05, 0.1) is 12.0 Å². The molecular formula is C15H20N4. The number of piperazine rings is 1. The first-order valence-corrected chi connectivity index (χ1v) is 6.79. The summed E-state index contributed by atoms with van der Waals surface area (Å²) in [7, 11) is 2.06. The summed E-state index contributed by atoms with van der Waals surface area (Å²) < 4.78 is 2.10. The maximum absolute atomic E-state index is 4.21. The van der Waals surface area contributed by atoms with E-state index >= 15 is 0 Å². The van der Waals surface area contributed by atoms with Crippen molar-refractivity contribution in [1.82, 2.24) is 19.8 Å². The number of hydrogen-bond donors (Lipinski definition) is 1. The lowest BCUT2D eigenvalue weighted by atomic mass is 10.0. The summed E-state index contributed by atoms with van der Waals surface area (Å²) in [5.41, 5.74) is 2.65. The molecular weight excluding hydrogens is 236 g/mol. The zero-order chi connectivity index (χ0) is 13.1. The average molecular weight is 256 g/mol. The molecule has 1 aliphatic rings. The number of rotatable bonds is 3. The van der Waals surface area contributed by atoms with Crippen LogP contribution in [0.3, 0.4) is 0 Å². The standard InChI is InChI=1S/C15H20N4/c1-18-12-17-9-14(18)11-19-8-7-16-10-15(19)13-5-3-2-4-6-13/h2-6,9,12,15-16H,7-8,10-11H2,1H3/t15-/m1/s1. The van der Waals surface area contributed by atoms with E-state index < -0.39 is 0 Å². The lowest BCUT2D eigenvalue weighted by molar-refractivity contribution is 0.150. The second-order valence-electron chi connectivity index (χ2n) is 5.10. The van der Waals surface area contributed by atoms with Gasteiger partial charge >= 0.3 is 0 Å². The minimum atomic E-state index is 0.449. The molecule has 0 aliphatic carbocycles. The fourth-order valence-corrected chi connectivity index (χ4v) is 2.68. The van der Waals surface area contributed by atoms with Crippen molar-refractivity contribution in [3.63, 3.8) is 0 Å². The minimum absolute atomic E-state index is 0.449. The molecule has 3 rings (SSSR count). The zero-order valence-corrected chi connectivity index (χ0v) is 11.3. The molecule has 1 atom stereocenters. The Morgan fingerprint density at radius 3 is 2.89 bits per heavy atom. The predicted octanol–water partition coefficient (Wildman–Crippen LogP) is 1.57. The maximum atomic E-state index is 4.21. The van der Waals surface area contributed by atoms with Gasteiger partial charge in [-0.2, -0.15) is 0 Å². The average Bonchev–Trinajstić information content (AvgIpc) is 2.86. The fraction of sp³-hybridized carbons (Fsp3) is 0.400. The normalized spacial score (nSPS) is 20.6. The first kappa shape index (κ1) is 12.4. The first-order chi connectivity index (χ1) is 9.34. The van der Waals surface area contributed by atoms with E-state index in [4.69, 9.17) is 0 Å². The second kappa shape index (κ2) is 5.55. The van der Waals surface area contributed by atoms with E-state index in [1.807, 2.05) is 12.5 Å². The summed E-state index contributed by atoms with van der Waals surface area (Å²) in [5.74, 6) is 0. The molecule has 1 saturated heterocycles. The van der Waals surface area contributed by atoms with Gasteiger partial charge in [0.1, 0.15) is 0 Å². The van der Waals surface area contributed by atoms with Crippen LogP contribution in [0.5, 0.6) is 0 Å². The minimum Gasteiger partial charge on any atom is -0.337 e. The van der Waals surface area contributed by atoms with Crippen molar-refractivity contribution in [2.24, 2.45) is 7.05 Å². The number of aromatic nitrogens is 2. The van der Waals surface area contributed by atoms with Gasteiger partial charge in [-0.25, -0.2) is 4.98 Å². The van der Waals surface area contributed by atoms with Crippen molar-refractivity contribution in [2.45, 2.75) is 12.6 Å². The van der Waals surface area contributed by atoms with E-state index in [-0.39, 0.29) is 0 Å². The molecule has 1 aliphatic heterocycles. The fourth-order valence-electron chi connectivity index (χ4n) is 2.68. The third kappa shape index (κ3) is 2.69. The van der Waals surface area contributed by atoms with E-state index in [1.54, 1.807) is 0 Å². The van der Waals surface area contributed by atoms with Crippen molar-refractivity contribution in [1.29, 1.82) is 0 Å². The third-order valence-electron chi connectivity index (χ3n) is 3.82. The van der Waals surface area contributed by atoms with Gasteiger partial charge in [-0.05, 0) is 5.56 Å². The van der Waals surface area contributed by atoms with Crippen LogP contribution in [0.2, 0.25) is 0 Å². The number of aryl methyl sites for hydroxylation is 1. The molecule has 4 nitrogen and oxygen atoms in total. The molecule has 1 aromatic carbocycles. The van der Waals surface area contributed by atoms with Crippen LogP contribution in [-0.4, -0.2) is 34.1 Å². The zero-order valence-electron chi connectivity index (χ0n) is 11.3. The van der Waals surface area contributed by atoms with Crippen LogP contribution >= 0.6 is 0 Å². The number of benzene rings is 1. The third-order valence-corrected chi connectivity index (χ3v) is 3.82. The van der Waals surface area contributed by atoms with Gasteiger partial charge in [-0.1, -0.05) is 30.3 Å². The molecule has 0 spiro atoms. The lowest BCUT2D eigenvalue weighted by Crippen LogP contribution is -2.45. The number of nitrogens with one attached hydrogen (secondary N) is 1. The van der Waals surface area contributed by atoms with E-state index in [0.717, 1.165) is 26.2 Å². The number of hydrogen-bond acceptors (Lipinski definition) is 3. The van der Waals surface area contributed by atoms with Crippen LogP contribution in [0.1, 0.15) is 17.3 Å². The van der Waals surface area contributed by atoms with Crippen molar-refractivity contribution < 1.29 is 0 Å². The van der Waals surface area contributed by atoms with Crippen molar-refractivity contribution in [3.05, 3.63) is 54.1 Å². The monoisotopic (exact) mass is 256 g/mol. The molecule has 1 fully saturated rings. The van der Waals surface area contributed by atoms with Gasteiger partial charge in [0.2, 0.25) is 0 Å². The highest BCUT2D eigenvalue weighted by molar-refractivity contribution is 5.20. The molecule has 0 unspecified atom stereocenters. The highest BCUT2D eigenvalue weighted by atomic mass is 15.2. The quantitative estimate of drug-likeness (QED) is 0.905. The molecule has 100 valence electrons. The number of imidazole rings is 1. The molecule has 1 aromatic heterocycles. The van der Waals surface area contributed by atoms with E-state index in [2.05, 4.69) is 57.1 Å². The first-order valence-electron chi connectivity index (χ1n) is 6.79. The van der Waals surface area contributed by atoms with Crippen LogP contribution in [0, 0.1) is 0 Å². The summed E-state index contributed by atoms with van der Waals surface area (Å²) >= 11 is 0. The van der Waals surface area contributed by atoms with Crippen molar-refractivity contribution >= 4 is 0 Å². The van der Waals surface area contributed by atoms with Gasteiger partial charge in [-0.3, -0.25) is 4.90 Å². The SMILES string of the molecule is Cn1cncc1CN1CCNC[C@@H]1c1ccccc1. The molecule has 1 N–H and O–H groups in total. The summed E-state index contributed by atoms with van der Waals surface area (Å²) in [6.07, 6.45) is 3.83. The Hall–Kier alpha value is -1.65. The topological polar surface area (TPSA) is 33.1 Å². The Morgan fingerprint density at radius 1 is 1.32 bits per heavy atom. The molecule has 0 radical (unpaired) electrons.